The highest BCUT2D eigenvalue weighted by Crippen LogP contribution is 2.22. The Kier molecular flexibility index (Phi) is 3.91. The SMILES string of the molecule is CN(C)C(CC=O)c1ccc(F)c(F)c1. The summed E-state index contributed by atoms with van der Waals surface area (Å²) in [7, 11) is 3.57. The Morgan fingerprint density at radius 1 is 1.33 bits per heavy atom. The summed E-state index contributed by atoms with van der Waals surface area (Å²) in [5.41, 5.74) is 0.603. The third-order valence-corrected chi connectivity index (χ3v) is 2.27. The van der Waals surface area contributed by atoms with Gasteiger partial charge in [-0.1, -0.05) is 6.07 Å². The second kappa shape index (κ2) is 4.98. The predicted octanol–water partition coefficient (Wildman–Crippen LogP) is 2.16. The molecule has 1 unspecified atom stereocenters. The van der Waals surface area contributed by atoms with E-state index < -0.39 is 11.6 Å². The van der Waals surface area contributed by atoms with Crippen LogP contribution >= 0.6 is 0 Å². The first-order valence-corrected chi connectivity index (χ1v) is 4.61. The van der Waals surface area contributed by atoms with Gasteiger partial charge in [0, 0.05) is 12.5 Å². The average molecular weight is 213 g/mol. The Morgan fingerprint density at radius 2 is 2.00 bits per heavy atom. The highest BCUT2D eigenvalue weighted by Gasteiger charge is 2.15. The van der Waals surface area contributed by atoms with Crippen molar-refractivity contribution in [3.8, 4) is 0 Å². The molecule has 0 N–H and O–H groups in total. The van der Waals surface area contributed by atoms with Gasteiger partial charge < -0.3 is 9.69 Å². The van der Waals surface area contributed by atoms with E-state index in [1.807, 2.05) is 0 Å². The number of aldehydes is 1. The van der Waals surface area contributed by atoms with Crippen LogP contribution in [-0.2, 0) is 4.79 Å². The number of carbonyl (C=O) groups excluding carboxylic acids is 1. The van der Waals surface area contributed by atoms with Gasteiger partial charge in [-0.15, -0.1) is 0 Å². The van der Waals surface area contributed by atoms with Crippen LogP contribution in [0.3, 0.4) is 0 Å². The van der Waals surface area contributed by atoms with Crippen LogP contribution < -0.4 is 0 Å². The summed E-state index contributed by atoms with van der Waals surface area (Å²) in [6.07, 6.45) is 1.03. The third kappa shape index (κ3) is 2.83. The molecular formula is C11H13F2NO. The normalized spacial score (nSPS) is 12.9. The maximum Gasteiger partial charge on any atom is 0.159 e. The molecule has 1 aromatic carbocycles. The van der Waals surface area contributed by atoms with E-state index in [1.54, 1.807) is 19.0 Å². The standard InChI is InChI=1S/C11H13F2NO/c1-14(2)11(5-6-15)8-3-4-9(12)10(13)7-8/h3-4,6-7,11H,5H2,1-2H3. The van der Waals surface area contributed by atoms with Crippen molar-refractivity contribution >= 4 is 6.29 Å². The Morgan fingerprint density at radius 3 is 2.47 bits per heavy atom. The van der Waals surface area contributed by atoms with Gasteiger partial charge in [-0.2, -0.15) is 0 Å². The summed E-state index contributed by atoms with van der Waals surface area (Å²) in [5, 5.41) is 0. The van der Waals surface area contributed by atoms with Crippen molar-refractivity contribution in [2.45, 2.75) is 12.5 Å². The molecule has 0 aromatic heterocycles. The molecule has 1 atom stereocenters. The number of carbonyl (C=O) groups is 1. The van der Waals surface area contributed by atoms with E-state index in [0.717, 1.165) is 18.4 Å². The lowest BCUT2D eigenvalue weighted by molar-refractivity contribution is -0.108. The molecule has 0 radical (unpaired) electrons. The van der Waals surface area contributed by atoms with E-state index in [1.165, 1.54) is 6.07 Å². The largest absolute Gasteiger partial charge is 0.303 e. The highest BCUT2D eigenvalue weighted by atomic mass is 19.2. The Balaban J connectivity index is 3.00. The molecule has 1 rings (SSSR count). The molecule has 0 aliphatic heterocycles. The van der Waals surface area contributed by atoms with Gasteiger partial charge in [0.15, 0.2) is 11.6 Å². The minimum Gasteiger partial charge on any atom is -0.303 e. The van der Waals surface area contributed by atoms with Crippen LogP contribution in [0.1, 0.15) is 18.0 Å². The third-order valence-electron chi connectivity index (χ3n) is 2.27. The number of nitrogens with zero attached hydrogens (tertiary/aromatic N) is 1. The summed E-state index contributed by atoms with van der Waals surface area (Å²) in [6.45, 7) is 0. The molecule has 0 aliphatic carbocycles. The zero-order valence-electron chi connectivity index (χ0n) is 8.71. The Hall–Kier alpha value is -1.29. The molecule has 1 aromatic rings. The molecule has 0 fully saturated rings. The first-order chi connectivity index (χ1) is 7.06. The van der Waals surface area contributed by atoms with Crippen molar-refractivity contribution in [2.24, 2.45) is 0 Å². The van der Waals surface area contributed by atoms with Gasteiger partial charge in [-0.05, 0) is 31.8 Å². The van der Waals surface area contributed by atoms with Gasteiger partial charge in [0.1, 0.15) is 6.29 Å². The lowest BCUT2D eigenvalue weighted by Gasteiger charge is -2.22. The van der Waals surface area contributed by atoms with Crippen molar-refractivity contribution in [3.05, 3.63) is 35.4 Å². The molecule has 0 saturated heterocycles. The van der Waals surface area contributed by atoms with Gasteiger partial charge in [0.2, 0.25) is 0 Å². The molecule has 0 amide bonds. The fourth-order valence-electron chi connectivity index (χ4n) is 1.46. The Labute approximate surface area is 87.5 Å². The van der Waals surface area contributed by atoms with Crippen LogP contribution in [0, 0.1) is 11.6 Å². The fraction of sp³-hybridized carbons (Fsp3) is 0.364. The molecular weight excluding hydrogens is 200 g/mol. The zero-order chi connectivity index (χ0) is 11.4. The summed E-state index contributed by atoms with van der Waals surface area (Å²) in [4.78, 5) is 12.2. The molecule has 15 heavy (non-hydrogen) atoms. The predicted molar refractivity (Wildman–Crippen MR) is 53.5 cm³/mol. The molecule has 0 bridgehead atoms. The molecule has 0 saturated carbocycles. The lowest BCUT2D eigenvalue weighted by Crippen LogP contribution is -2.20. The van der Waals surface area contributed by atoms with Gasteiger partial charge in [0.25, 0.3) is 0 Å². The number of halogens is 2. The second-order valence-corrected chi connectivity index (χ2v) is 3.56. The van der Waals surface area contributed by atoms with Crippen molar-refractivity contribution < 1.29 is 13.6 Å². The first-order valence-electron chi connectivity index (χ1n) is 4.61. The molecule has 0 heterocycles. The molecule has 2 nitrogen and oxygen atoms in total. The van der Waals surface area contributed by atoms with Gasteiger partial charge >= 0.3 is 0 Å². The van der Waals surface area contributed by atoms with Gasteiger partial charge in [-0.3, -0.25) is 0 Å². The molecule has 82 valence electrons. The van der Waals surface area contributed by atoms with Crippen LogP contribution in [0.15, 0.2) is 18.2 Å². The van der Waals surface area contributed by atoms with E-state index in [-0.39, 0.29) is 12.5 Å². The quantitative estimate of drug-likeness (QED) is 0.714. The number of benzene rings is 1. The van der Waals surface area contributed by atoms with Gasteiger partial charge in [-0.25, -0.2) is 8.78 Å². The second-order valence-electron chi connectivity index (χ2n) is 3.56. The van der Waals surface area contributed by atoms with E-state index in [4.69, 9.17) is 0 Å². The maximum absolute atomic E-state index is 13.0. The van der Waals surface area contributed by atoms with E-state index in [0.29, 0.717) is 5.56 Å². The van der Waals surface area contributed by atoms with Crippen LogP contribution in [0.5, 0.6) is 0 Å². The van der Waals surface area contributed by atoms with Crippen molar-refractivity contribution in [3.63, 3.8) is 0 Å². The van der Waals surface area contributed by atoms with Crippen molar-refractivity contribution in [2.75, 3.05) is 14.1 Å². The summed E-state index contributed by atoms with van der Waals surface area (Å²) < 4.78 is 25.7. The maximum atomic E-state index is 13.0. The Bertz CT molecular complexity index is 352. The first kappa shape index (κ1) is 11.8. The topological polar surface area (TPSA) is 20.3 Å². The number of hydrogen-bond acceptors (Lipinski definition) is 2. The van der Waals surface area contributed by atoms with Crippen molar-refractivity contribution in [1.29, 1.82) is 0 Å². The molecule has 4 heteroatoms. The summed E-state index contributed by atoms with van der Waals surface area (Å²) in [5.74, 6) is -1.76. The van der Waals surface area contributed by atoms with Crippen LogP contribution in [0.25, 0.3) is 0 Å². The lowest BCUT2D eigenvalue weighted by atomic mass is 10.0. The van der Waals surface area contributed by atoms with Gasteiger partial charge in [0.05, 0.1) is 0 Å². The van der Waals surface area contributed by atoms with Crippen molar-refractivity contribution in [1.82, 2.24) is 4.90 Å². The number of rotatable bonds is 4. The van der Waals surface area contributed by atoms with Crippen LogP contribution in [-0.4, -0.2) is 25.3 Å². The minimum absolute atomic E-state index is 0.211. The summed E-state index contributed by atoms with van der Waals surface area (Å²) in [6, 6.07) is 3.49. The molecule has 0 spiro atoms. The van der Waals surface area contributed by atoms with Crippen LogP contribution in [0.2, 0.25) is 0 Å². The number of hydrogen-bond donors (Lipinski definition) is 0. The van der Waals surface area contributed by atoms with E-state index in [9.17, 15) is 13.6 Å². The van der Waals surface area contributed by atoms with E-state index >= 15 is 0 Å². The monoisotopic (exact) mass is 213 g/mol. The molecule has 0 aliphatic rings. The smallest absolute Gasteiger partial charge is 0.159 e. The fourth-order valence-corrected chi connectivity index (χ4v) is 1.46. The average Bonchev–Trinajstić information content (AvgIpc) is 2.18. The minimum atomic E-state index is -0.884. The van der Waals surface area contributed by atoms with Crippen LogP contribution in [0.4, 0.5) is 8.78 Å². The highest BCUT2D eigenvalue weighted by molar-refractivity contribution is 5.51. The summed E-state index contributed by atoms with van der Waals surface area (Å²) >= 11 is 0. The zero-order valence-corrected chi connectivity index (χ0v) is 8.71. The van der Waals surface area contributed by atoms with E-state index in [2.05, 4.69) is 0 Å².